The van der Waals surface area contributed by atoms with Gasteiger partial charge in [0.15, 0.2) is 5.13 Å². The van der Waals surface area contributed by atoms with Crippen molar-refractivity contribution in [3.63, 3.8) is 0 Å². The van der Waals surface area contributed by atoms with Gasteiger partial charge in [-0.3, -0.25) is 4.79 Å². The number of rotatable bonds is 6. The second kappa shape index (κ2) is 6.89. The highest BCUT2D eigenvalue weighted by atomic mass is 32.1. The van der Waals surface area contributed by atoms with Gasteiger partial charge in [-0.25, -0.2) is 4.98 Å². The van der Waals surface area contributed by atoms with Gasteiger partial charge < -0.3 is 10.1 Å². The standard InChI is InChI=1S/C14H16N2O2S/c1-18-12-7-5-11(6-8-12)3-2-4-13(17)16-14-15-9-10-19-14/h5-10H,2-4H2,1H3,(H,15,16,17). The first-order chi connectivity index (χ1) is 9.28. The van der Waals surface area contributed by atoms with Gasteiger partial charge >= 0.3 is 0 Å². The lowest BCUT2D eigenvalue weighted by atomic mass is 10.1. The van der Waals surface area contributed by atoms with Gasteiger partial charge in [0.25, 0.3) is 0 Å². The van der Waals surface area contributed by atoms with E-state index >= 15 is 0 Å². The van der Waals surface area contributed by atoms with E-state index in [2.05, 4.69) is 10.3 Å². The van der Waals surface area contributed by atoms with Gasteiger partial charge in [0.2, 0.25) is 5.91 Å². The molecule has 0 radical (unpaired) electrons. The average Bonchev–Trinajstić information content (AvgIpc) is 2.92. The second-order valence-electron chi connectivity index (χ2n) is 4.09. The first kappa shape index (κ1) is 13.5. The van der Waals surface area contributed by atoms with Crippen LogP contribution in [0.15, 0.2) is 35.8 Å². The maximum absolute atomic E-state index is 11.6. The second-order valence-corrected chi connectivity index (χ2v) is 4.98. The van der Waals surface area contributed by atoms with Crippen molar-refractivity contribution in [2.24, 2.45) is 0 Å². The van der Waals surface area contributed by atoms with Crippen LogP contribution in [-0.2, 0) is 11.2 Å². The number of benzene rings is 1. The molecule has 1 N–H and O–H groups in total. The predicted molar refractivity (Wildman–Crippen MR) is 76.7 cm³/mol. The molecule has 0 saturated carbocycles. The Morgan fingerprint density at radius 2 is 2.16 bits per heavy atom. The third-order valence-electron chi connectivity index (χ3n) is 2.71. The maximum Gasteiger partial charge on any atom is 0.226 e. The van der Waals surface area contributed by atoms with Crippen LogP contribution in [0.25, 0.3) is 0 Å². The first-order valence-corrected chi connectivity index (χ1v) is 6.98. The van der Waals surface area contributed by atoms with E-state index in [1.165, 1.54) is 16.9 Å². The normalized spacial score (nSPS) is 10.2. The number of carbonyl (C=O) groups is 1. The van der Waals surface area contributed by atoms with E-state index in [0.29, 0.717) is 11.6 Å². The molecule has 0 saturated heterocycles. The topological polar surface area (TPSA) is 51.2 Å². The summed E-state index contributed by atoms with van der Waals surface area (Å²) in [7, 11) is 1.65. The molecule has 100 valence electrons. The van der Waals surface area contributed by atoms with Crippen LogP contribution >= 0.6 is 11.3 Å². The molecule has 2 aromatic rings. The number of anilines is 1. The number of hydrogen-bond acceptors (Lipinski definition) is 4. The number of carbonyl (C=O) groups excluding carboxylic acids is 1. The number of amides is 1. The summed E-state index contributed by atoms with van der Waals surface area (Å²) in [4.78, 5) is 15.7. The highest BCUT2D eigenvalue weighted by molar-refractivity contribution is 7.13. The van der Waals surface area contributed by atoms with Gasteiger partial charge in [-0.1, -0.05) is 12.1 Å². The molecule has 0 fully saturated rings. The van der Waals surface area contributed by atoms with E-state index in [-0.39, 0.29) is 5.91 Å². The Bertz CT molecular complexity index is 509. The average molecular weight is 276 g/mol. The summed E-state index contributed by atoms with van der Waals surface area (Å²) in [5.74, 6) is 0.869. The number of nitrogens with one attached hydrogen (secondary N) is 1. The highest BCUT2D eigenvalue weighted by Crippen LogP contribution is 2.14. The van der Waals surface area contributed by atoms with E-state index in [1.807, 2.05) is 29.6 Å². The molecule has 0 spiro atoms. The van der Waals surface area contributed by atoms with Gasteiger partial charge in [0, 0.05) is 18.0 Å². The van der Waals surface area contributed by atoms with Gasteiger partial charge in [-0.15, -0.1) is 11.3 Å². The number of hydrogen-bond donors (Lipinski definition) is 1. The summed E-state index contributed by atoms with van der Waals surface area (Å²) in [6.45, 7) is 0. The summed E-state index contributed by atoms with van der Waals surface area (Å²) in [5.41, 5.74) is 1.21. The fourth-order valence-electron chi connectivity index (χ4n) is 1.71. The molecule has 0 atom stereocenters. The van der Waals surface area contributed by atoms with Crippen molar-refractivity contribution in [2.45, 2.75) is 19.3 Å². The van der Waals surface area contributed by atoms with E-state index in [9.17, 15) is 4.79 Å². The minimum absolute atomic E-state index is 0.0171. The summed E-state index contributed by atoms with van der Waals surface area (Å²) in [6, 6.07) is 7.92. The van der Waals surface area contributed by atoms with Crippen molar-refractivity contribution in [1.82, 2.24) is 4.98 Å². The monoisotopic (exact) mass is 276 g/mol. The maximum atomic E-state index is 11.6. The van der Waals surface area contributed by atoms with Gasteiger partial charge in [0.1, 0.15) is 5.75 Å². The van der Waals surface area contributed by atoms with Crippen LogP contribution in [0.2, 0.25) is 0 Å². The zero-order valence-electron chi connectivity index (χ0n) is 10.8. The van der Waals surface area contributed by atoms with E-state index in [0.717, 1.165) is 18.6 Å². The molecule has 0 aliphatic carbocycles. The molecule has 4 nitrogen and oxygen atoms in total. The van der Waals surface area contributed by atoms with E-state index in [1.54, 1.807) is 13.3 Å². The molecule has 0 unspecified atom stereocenters. The summed E-state index contributed by atoms with van der Waals surface area (Å²) < 4.78 is 5.10. The van der Waals surface area contributed by atoms with Crippen molar-refractivity contribution in [1.29, 1.82) is 0 Å². The minimum atomic E-state index is 0.0171. The van der Waals surface area contributed by atoms with E-state index in [4.69, 9.17) is 4.74 Å². The summed E-state index contributed by atoms with van der Waals surface area (Å²) in [5, 5.41) is 5.28. The molecule has 1 heterocycles. The number of methoxy groups -OCH3 is 1. The van der Waals surface area contributed by atoms with Crippen LogP contribution in [0.4, 0.5) is 5.13 Å². The van der Waals surface area contributed by atoms with Crippen molar-refractivity contribution >= 4 is 22.4 Å². The molecule has 5 heteroatoms. The molecular weight excluding hydrogens is 260 g/mol. The van der Waals surface area contributed by atoms with Crippen molar-refractivity contribution in [3.05, 3.63) is 41.4 Å². The van der Waals surface area contributed by atoms with Crippen LogP contribution in [-0.4, -0.2) is 18.0 Å². The number of aromatic nitrogens is 1. The van der Waals surface area contributed by atoms with Gasteiger partial charge in [-0.05, 0) is 30.5 Å². The lowest BCUT2D eigenvalue weighted by Crippen LogP contribution is -2.11. The lowest BCUT2D eigenvalue weighted by molar-refractivity contribution is -0.116. The van der Waals surface area contributed by atoms with Gasteiger partial charge in [-0.2, -0.15) is 0 Å². The Kier molecular flexibility index (Phi) is 4.92. The third kappa shape index (κ3) is 4.37. The molecule has 0 bridgehead atoms. The lowest BCUT2D eigenvalue weighted by Gasteiger charge is -2.04. The van der Waals surface area contributed by atoms with Crippen LogP contribution in [0.5, 0.6) is 5.75 Å². The fourth-order valence-corrected chi connectivity index (χ4v) is 2.26. The first-order valence-electron chi connectivity index (χ1n) is 6.10. The van der Waals surface area contributed by atoms with E-state index < -0.39 is 0 Å². The minimum Gasteiger partial charge on any atom is -0.497 e. The largest absolute Gasteiger partial charge is 0.497 e. The van der Waals surface area contributed by atoms with Crippen LogP contribution in [0, 0.1) is 0 Å². The Hall–Kier alpha value is -1.88. The molecule has 1 amide bonds. The van der Waals surface area contributed by atoms with Crippen molar-refractivity contribution in [2.75, 3.05) is 12.4 Å². The Labute approximate surface area is 116 Å². The number of aryl methyl sites for hydroxylation is 1. The number of nitrogens with zero attached hydrogens (tertiary/aromatic N) is 1. The summed E-state index contributed by atoms with van der Waals surface area (Å²) >= 11 is 1.43. The molecule has 19 heavy (non-hydrogen) atoms. The van der Waals surface area contributed by atoms with Crippen molar-refractivity contribution < 1.29 is 9.53 Å². The Morgan fingerprint density at radius 3 is 2.79 bits per heavy atom. The Morgan fingerprint density at radius 1 is 1.37 bits per heavy atom. The zero-order chi connectivity index (χ0) is 13.5. The number of ether oxygens (including phenoxy) is 1. The molecule has 1 aromatic heterocycles. The van der Waals surface area contributed by atoms with Crippen LogP contribution in [0.1, 0.15) is 18.4 Å². The van der Waals surface area contributed by atoms with Crippen LogP contribution in [0.3, 0.4) is 0 Å². The molecular formula is C14H16N2O2S. The predicted octanol–water partition coefficient (Wildman–Crippen LogP) is 3.11. The molecule has 1 aromatic carbocycles. The van der Waals surface area contributed by atoms with Crippen LogP contribution < -0.4 is 10.1 Å². The summed E-state index contributed by atoms with van der Waals surface area (Å²) in [6.07, 6.45) is 3.89. The molecule has 0 aliphatic heterocycles. The third-order valence-corrected chi connectivity index (χ3v) is 3.40. The fraction of sp³-hybridized carbons (Fsp3) is 0.286. The smallest absolute Gasteiger partial charge is 0.226 e. The quantitative estimate of drug-likeness (QED) is 0.882. The zero-order valence-corrected chi connectivity index (χ0v) is 11.6. The molecule has 0 aliphatic rings. The van der Waals surface area contributed by atoms with Gasteiger partial charge in [0.05, 0.1) is 7.11 Å². The van der Waals surface area contributed by atoms with Crippen molar-refractivity contribution in [3.8, 4) is 5.75 Å². The number of thiazole rings is 1. The SMILES string of the molecule is COc1ccc(CCCC(=O)Nc2nccs2)cc1. The molecule has 2 rings (SSSR count). The highest BCUT2D eigenvalue weighted by Gasteiger charge is 2.04. The Balaban J connectivity index is 1.72.